The van der Waals surface area contributed by atoms with E-state index in [1.165, 1.54) is 72.9 Å². The zero-order valence-corrected chi connectivity index (χ0v) is 23.2. The fraction of sp³-hybridized carbons (Fsp3) is 0.441. The largest absolute Gasteiger partial charge is 0.466 e. The van der Waals surface area contributed by atoms with Gasteiger partial charge in [-0.1, -0.05) is 73.9 Å². The molecule has 6 rings (SSSR count). The highest BCUT2D eigenvalue weighted by Gasteiger charge is 2.35. The van der Waals surface area contributed by atoms with E-state index in [9.17, 15) is 4.79 Å². The third-order valence-corrected chi connectivity index (χ3v) is 8.82. The summed E-state index contributed by atoms with van der Waals surface area (Å²) in [4.78, 5) is 12.6. The van der Waals surface area contributed by atoms with Gasteiger partial charge in [-0.25, -0.2) is 4.79 Å². The van der Waals surface area contributed by atoms with Crippen molar-refractivity contribution in [2.24, 2.45) is 0 Å². The Balaban J connectivity index is 1.39. The van der Waals surface area contributed by atoms with Crippen LogP contribution in [0.5, 0.6) is 0 Å². The van der Waals surface area contributed by atoms with Crippen molar-refractivity contribution in [1.29, 1.82) is 0 Å². The van der Waals surface area contributed by atoms with Crippen LogP contribution < -0.4 is 5.32 Å². The van der Waals surface area contributed by atoms with Gasteiger partial charge >= 0.3 is 5.97 Å². The molecule has 0 bridgehead atoms. The Labute approximate surface area is 232 Å². The van der Waals surface area contributed by atoms with Gasteiger partial charge in [-0.05, 0) is 73.3 Å². The van der Waals surface area contributed by atoms with Crippen LogP contribution in [0.15, 0.2) is 60.2 Å². The molecule has 1 fully saturated rings. The second-order valence-corrected chi connectivity index (χ2v) is 11.4. The predicted octanol–water partition coefficient (Wildman–Crippen LogP) is 6.78. The number of hydrogen-bond acceptors (Lipinski definition) is 4. The molecule has 204 valence electrons. The highest BCUT2D eigenvalue weighted by atomic mass is 16.5. The van der Waals surface area contributed by atoms with Crippen LogP contribution in [0.3, 0.4) is 0 Å². The quantitative estimate of drug-likeness (QED) is 0.273. The third kappa shape index (κ3) is 5.35. The number of carbonyl (C=O) groups excluding carboxylic acids is 1. The maximum absolute atomic E-state index is 12.6. The van der Waals surface area contributed by atoms with Crippen LogP contribution in [-0.4, -0.2) is 29.9 Å². The number of benzene rings is 2. The van der Waals surface area contributed by atoms with Crippen molar-refractivity contribution in [1.82, 2.24) is 9.88 Å². The van der Waals surface area contributed by atoms with Crippen molar-refractivity contribution in [2.75, 3.05) is 7.11 Å². The third-order valence-electron chi connectivity index (χ3n) is 8.82. The van der Waals surface area contributed by atoms with Gasteiger partial charge in [0.1, 0.15) is 6.23 Å². The molecule has 2 aliphatic carbocycles. The van der Waals surface area contributed by atoms with Gasteiger partial charge in [-0.2, -0.15) is 0 Å². The maximum atomic E-state index is 12.6. The van der Waals surface area contributed by atoms with E-state index in [0.717, 1.165) is 31.4 Å². The zero-order valence-electron chi connectivity index (χ0n) is 23.2. The van der Waals surface area contributed by atoms with Gasteiger partial charge in [-0.15, -0.1) is 0 Å². The normalized spacial score (nSPS) is 19.7. The SMILES string of the molecule is COC(=O)C1=Cc2c(c(C3CCCCC3)c3n2CC(NC(C)OCc2ccccc2)Cc2ccccc2-3)CC1. The molecule has 0 radical (unpaired) electrons. The zero-order chi connectivity index (χ0) is 26.8. The van der Waals surface area contributed by atoms with Crippen molar-refractivity contribution < 1.29 is 14.3 Å². The fourth-order valence-electron chi connectivity index (χ4n) is 7.00. The molecule has 0 amide bonds. The smallest absolute Gasteiger partial charge is 0.333 e. The first kappa shape index (κ1) is 26.1. The molecule has 3 aliphatic rings. The number of carbonyl (C=O) groups is 1. The summed E-state index contributed by atoms with van der Waals surface area (Å²) in [7, 11) is 1.48. The average Bonchev–Trinajstić information content (AvgIpc) is 3.20. The van der Waals surface area contributed by atoms with Crippen molar-refractivity contribution in [3.63, 3.8) is 0 Å². The minimum atomic E-state index is -0.206. The number of methoxy groups -OCH3 is 1. The standard InChI is InChI=1S/C34H40N2O3/c1-23(39-22-24-11-5-3-6-12-24)35-28-19-26-15-9-10-16-29(26)33-32(25-13-7-4-8-14-25)30-18-17-27(34(37)38-2)20-31(30)36(33)21-28/h3,5-6,9-12,15-16,20,23,25,28,35H,4,7-8,13-14,17-19,21-22H2,1-2H3. The second-order valence-electron chi connectivity index (χ2n) is 11.4. The number of fused-ring (bicyclic) bond motifs is 5. The van der Waals surface area contributed by atoms with Gasteiger partial charge in [0, 0.05) is 29.4 Å². The van der Waals surface area contributed by atoms with E-state index in [0.29, 0.717) is 12.5 Å². The molecular formula is C34H40N2O3. The van der Waals surface area contributed by atoms with E-state index in [-0.39, 0.29) is 18.2 Å². The lowest BCUT2D eigenvalue weighted by molar-refractivity contribution is -0.136. The molecule has 39 heavy (non-hydrogen) atoms. The first-order valence-electron chi connectivity index (χ1n) is 14.7. The van der Waals surface area contributed by atoms with E-state index in [1.807, 2.05) is 6.07 Å². The number of nitrogens with one attached hydrogen (secondary N) is 1. The van der Waals surface area contributed by atoms with Crippen molar-refractivity contribution in [3.05, 3.63) is 88.1 Å². The Bertz CT molecular complexity index is 1350. The Morgan fingerprint density at radius 2 is 1.79 bits per heavy atom. The summed E-state index contributed by atoms with van der Waals surface area (Å²) in [5.41, 5.74) is 10.3. The lowest BCUT2D eigenvalue weighted by Crippen LogP contribution is -2.41. The van der Waals surface area contributed by atoms with Crippen molar-refractivity contribution in [3.8, 4) is 11.3 Å². The summed E-state index contributed by atoms with van der Waals surface area (Å²) in [5, 5.41) is 3.80. The molecule has 2 atom stereocenters. The van der Waals surface area contributed by atoms with Crippen LogP contribution in [0, 0.1) is 0 Å². The van der Waals surface area contributed by atoms with Gasteiger partial charge < -0.3 is 14.0 Å². The Morgan fingerprint density at radius 1 is 1.03 bits per heavy atom. The van der Waals surface area contributed by atoms with E-state index < -0.39 is 0 Å². The molecule has 5 heteroatoms. The van der Waals surface area contributed by atoms with Crippen LogP contribution in [0.25, 0.3) is 17.3 Å². The number of hydrogen-bond donors (Lipinski definition) is 1. The molecule has 1 N–H and O–H groups in total. The predicted molar refractivity (Wildman–Crippen MR) is 155 cm³/mol. The van der Waals surface area contributed by atoms with E-state index >= 15 is 0 Å². The molecule has 0 saturated heterocycles. The van der Waals surface area contributed by atoms with Gasteiger partial charge in [0.05, 0.1) is 19.4 Å². The maximum Gasteiger partial charge on any atom is 0.333 e. The molecule has 0 spiro atoms. The van der Waals surface area contributed by atoms with E-state index in [2.05, 4.69) is 71.4 Å². The summed E-state index contributed by atoms with van der Waals surface area (Å²) in [6.45, 7) is 3.52. The lowest BCUT2D eigenvalue weighted by Gasteiger charge is -2.25. The highest BCUT2D eigenvalue weighted by molar-refractivity contribution is 5.95. The van der Waals surface area contributed by atoms with Crippen LogP contribution in [-0.2, 0) is 40.3 Å². The van der Waals surface area contributed by atoms with Gasteiger partial charge in [0.25, 0.3) is 0 Å². The Hall–Kier alpha value is -3.15. The minimum absolute atomic E-state index is 0.0886. The molecular weight excluding hydrogens is 484 g/mol. The summed E-state index contributed by atoms with van der Waals surface area (Å²) < 4.78 is 13.9. The molecule has 2 aromatic carbocycles. The summed E-state index contributed by atoms with van der Waals surface area (Å²) in [6, 6.07) is 19.5. The van der Waals surface area contributed by atoms with Crippen LogP contribution in [0.4, 0.5) is 0 Å². The average molecular weight is 525 g/mol. The van der Waals surface area contributed by atoms with Crippen LogP contribution in [0.1, 0.15) is 79.3 Å². The van der Waals surface area contributed by atoms with Crippen molar-refractivity contribution in [2.45, 2.75) is 89.6 Å². The minimum Gasteiger partial charge on any atom is -0.466 e. The molecule has 5 nitrogen and oxygen atoms in total. The fourth-order valence-corrected chi connectivity index (χ4v) is 7.00. The van der Waals surface area contributed by atoms with E-state index in [1.54, 1.807) is 5.56 Å². The second kappa shape index (κ2) is 11.5. The number of rotatable bonds is 7. The molecule has 2 heterocycles. The topological polar surface area (TPSA) is 52.5 Å². The lowest BCUT2D eigenvalue weighted by atomic mass is 9.79. The van der Waals surface area contributed by atoms with Crippen molar-refractivity contribution >= 4 is 12.0 Å². The van der Waals surface area contributed by atoms with Gasteiger partial charge in [0.15, 0.2) is 0 Å². The molecule has 1 aromatic heterocycles. The number of ether oxygens (including phenoxy) is 2. The molecule has 3 aromatic rings. The van der Waals surface area contributed by atoms with Gasteiger partial charge in [0.2, 0.25) is 0 Å². The number of aromatic nitrogens is 1. The monoisotopic (exact) mass is 524 g/mol. The number of esters is 1. The van der Waals surface area contributed by atoms with E-state index in [4.69, 9.17) is 9.47 Å². The molecule has 1 aliphatic heterocycles. The first-order chi connectivity index (χ1) is 19.1. The molecule has 2 unspecified atom stereocenters. The first-order valence-corrected chi connectivity index (χ1v) is 14.7. The Kier molecular flexibility index (Phi) is 7.71. The summed E-state index contributed by atoms with van der Waals surface area (Å²) >= 11 is 0. The van der Waals surface area contributed by atoms with Crippen LogP contribution in [0.2, 0.25) is 0 Å². The Morgan fingerprint density at radius 3 is 2.59 bits per heavy atom. The van der Waals surface area contributed by atoms with Gasteiger partial charge in [-0.3, -0.25) is 5.32 Å². The van der Waals surface area contributed by atoms with Crippen LogP contribution >= 0.6 is 0 Å². The summed E-state index contributed by atoms with van der Waals surface area (Å²) in [5.74, 6) is 0.379. The molecule has 1 saturated carbocycles. The highest BCUT2D eigenvalue weighted by Crippen LogP contribution is 2.47. The number of nitrogens with zero attached hydrogens (tertiary/aromatic N) is 1. The summed E-state index contributed by atoms with van der Waals surface area (Å²) in [6.07, 6.45) is 11.1.